The molecule has 2 aromatic rings. The number of aromatic nitrogens is 1. The lowest BCUT2D eigenvalue weighted by atomic mass is 10.1. The predicted octanol–water partition coefficient (Wildman–Crippen LogP) is 2.84. The van der Waals surface area contributed by atoms with E-state index in [1.165, 1.54) is 4.74 Å². The molecule has 0 atom stereocenters. The lowest BCUT2D eigenvalue weighted by Gasteiger charge is -2.00. The average molecular weight is 242 g/mol. The highest BCUT2D eigenvalue weighted by Gasteiger charge is 2.18. The van der Waals surface area contributed by atoms with Gasteiger partial charge < -0.3 is 9.63 Å². The summed E-state index contributed by atoms with van der Waals surface area (Å²) < 4.78 is 6.63. The number of phenols is 1. The van der Waals surface area contributed by atoms with Crippen LogP contribution >= 0.6 is 11.6 Å². The van der Waals surface area contributed by atoms with Gasteiger partial charge in [0.1, 0.15) is 11.1 Å². The molecule has 0 fully saturated rings. The number of hydrogen-bond acceptors (Lipinski definition) is 3. The van der Waals surface area contributed by atoms with Crippen molar-refractivity contribution in [3.63, 3.8) is 0 Å². The Morgan fingerprint density at radius 3 is 2.69 bits per heavy atom. The van der Waals surface area contributed by atoms with E-state index in [1.54, 1.807) is 13.0 Å². The molecule has 4 nitrogen and oxygen atoms in total. The van der Waals surface area contributed by atoms with Crippen LogP contribution in [-0.4, -0.2) is 9.85 Å². The van der Waals surface area contributed by atoms with Crippen molar-refractivity contribution >= 4 is 22.6 Å². The summed E-state index contributed by atoms with van der Waals surface area (Å²) in [5, 5.41) is 9.95. The zero-order valence-corrected chi connectivity index (χ0v) is 10.00. The summed E-state index contributed by atoms with van der Waals surface area (Å²) in [6, 6.07) is 1.52. The fraction of sp³-hybridized carbons (Fsp3) is 0.364. The van der Waals surface area contributed by atoms with Crippen molar-refractivity contribution in [1.82, 2.24) is 4.74 Å². The maximum absolute atomic E-state index is 11.9. The minimum absolute atomic E-state index is 0.0585. The van der Waals surface area contributed by atoms with E-state index in [2.05, 4.69) is 0 Å². The molecule has 16 heavy (non-hydrogen) atoms. The molecule has 0 aliphatic carbocycles. The number of phenolic OH excluding ortho intramolecular Hbond substituents is 1. The van der Waals surface area contributed by atoms with Crippen LogP contribution in [0.25, 0.3) is 11.0 Å². The van der Waals surface area contributed by atoms with Crippen molar-refractivity contribution in [2.75, 3.05) is 0 Å². The van der Waals surface area contributed by atoms with Crippen LogP contribution in [0.1, 0.15) is 25.5 Å². The molecular formula is C11H12ClNO3. The molecule has 0 unspecified atom stereocenters. The van der Waals surface area contributed by atoms with Crippen LogP contribution in [0.5, 0.6) is 5.75 Å². The van der Waals surface area contributed by atoms with Crippen molar-refractivity contribution in [2.24, 2.45) is 0 Å². The Kier molecular flexibility index (Phi) is 2.46. The minimum Gasteiger partial charge on any atom is -0.506 e. The van der Waals surface area contributed by atoms with Crippen LogP contribution in [0.15, 0.2) is 15.4 Å². The number of aromatic hydroxyl groups is 1. The first-order valence-electron chi connectivity index (χ1n) is 4.97. The Bertz CT molecular complexity index is 610. The predicted molar refractivity (Wildman–Crippen MR) is 62.3 cm³/mol. The summed E-state index contributed by atoms with van der Waals surface area (Å²) in [5.74, 6) is -0.0667. The van der Waals surface area contributed by atoms with Crippen LogP contribution in [0.2, 0.25) is 5.02 Å². The number of aryl methyl sites for hydroxylation is 1. The molecule has 2 rings (SSSR count). The number of benzene rings is 1. The summed E-state index contributed by atoms with van der Waals surface area (Å²) in [6.45, 7) is 5.38. The van der Waals surface area contributed by atoms with E-state index in [-0.39, 0.29) is 27.8 Å². The van der Waals surface area contributed by atoms with Gasteiger partial charge >= 0.3 is 0 Å². The zero-order chi connectivity index (χ0) is 12.0. The number of halogens is 1. The van der Waals surface area contributed by atoms with Gasteiger partial charge in [-0.2, -0.15) is 4.74 Å². The van der Waals surface area contributed by atoms with E-state index >= 15 is 0 Å². The maximum atomic E-state index is 11.9. The van der Waals surface area contributed by atoms with Crippen molar-refractivity contribution < 1.29 is 9.63 Å². The fourth-order valence-corrected chi connectivity index (χ4v) is 1.93. The molecule has 0 saturated heterocycles. The van der Waals surface area contributed by atoms with Gasteiger partial charge in [0.2, 0.25) is 0 Å². The van der Waals surface area contributed by atoms with Gasteiger partial charge in [-0.15, -0.1) is 0 Å². The third kappa shape index (κ3) is 1.41. The molecule has 1 aromatic heterocycles. The van der Waals surface area contributed by atoms with Crippen LogP contribution in [-0.2, 0) is 0 Å². The molecular weight excluding hydrogens is 230 g/mol. The van der Waals surface area contributed by atoms with E-state index < -0.39 is 0 Å². The van der Waals surface area contributed by atoms with Crippen LogP contribution in [0, 0.1) is 6.92 Å². The molecule has 0 spiro atoms. The van der Waals surface area contributed by atoms with E-state index in [4.69, 9.17) is 16.1 Å². The first-order chi connectivity index (χ1) is 7.43. The second-order valence-electron chi connectivity index (χ2n) is 4.05. The molecule has 1 N–H and O–H groups in total. The largest absolute Gasteiger partial charge is 0.506 e. The Morgan fingerprint density at radius 2 is 2.12 bits per heavy atom. The monoisotopic (exact) mass is 241 g/mol. The van der Waals surface area contributed by atoms with E-state index in [9.17, 15) is 9.90 Å². The normalized spacial score (nSPS) is 11.6. The minimum atomic E-state index is -0.315. The van der Waals surface area contributed by atoms with Gasteiger partial charge in [-0.3, -0.25) is 4.79 Å². The second kappa shape index (κ2) is 3.56. The van der Waals surface area contributed by atoms with Gasteiger partial charge in [0.05, 0.1) is 11.1 Å². The standard InChI is InChI=1S/C11H12ClNO3/c1-5(2)13-11(15)8-7(16-13)4-6(3)10(14)9(8)12/h4-5,14H,1-3H3. The smallest absolute Gasteiger partial charge is 0.292 e. The summed E-state index contributed by atoms with van der Waals surface area (Å²) in [4.78, 5) is 11.9. The molecule has 0 aliphatic rings. The van der Waals surface area contributed by atoms with E-state index in [0.717, 1.165) is 0 Å². The molecule has 0 radical (unpaired) electrons. The first-order valence-corrected chi connectivity index (χ1v) is 5.35. The quantitative estimate of drug-likeness (QED) is 0.835. The van der Waals surface area contributed by atoms with Crippen LogP contribution in [0.3, 0.4) is 0 Å². The summed E-state index contributed by atoms with van der Waals surface area (Å²) in [5.41, 5.74) is 0.673. The van der Waals surface area contributed by atoms with E-state index in [0.29, 0.717) is 11.1 Å². The highest BCUT2D eigenvalue weighted by atomic mass is 35.5. The molecule has 0 aliphatic heterocycles. The Balaban J connectivity index is 2.94. The summed E-state index contributed by atoms with van der Waals surface area (Å²) in [6.07, 6.45) is 0. The Morgan fingerprint density at radius 1 is 1.50 bits per heavy atom. The topological polar surface area (TPSA) is 55.4 Å². The SMILES string of the molecule is Cc1cc2on(C(C)C)c(=O)c2c(Cl)c1O. The van der Waals surface area contributed by atoms with Gasteiger partial charge in [0.15, 0.2) is 5.58 Å². The molecule has 0 bridgehead atoms. The van der Waals surface area contributed by atoms with Crippen molar-refractivity contribution in [3.05, 3.63) is 27.0 Å². The van der Waals surface area contributed by atoms with Crippen LogP contribution in [0.4, 0.5) is 0 Å². The highest BCUT2D eigenvalue weighted by Crippen LogP contribution is 2.33. The number of nitrogens with zero attached hydrogens (tertiary/aromatic N) is 1. The van der Waals surface area contributed by atoms with E-state index in [1.807, 2.05) is 13.8 Å². The maximum Gasteiger partial charge on any atom is 0.292 e. The molecule has 0 amide bonds. The van der Waals surface area contributed by atoms with Gasteiger partial charge in [-0.25, -0.2) is 0 Å². The third-order valence-electron chi connectivity index (χ3n) is 2.47. The van der Waals surface area contributed by atoms with Crippen molar-refractivity contribution in [3.8, 4) is 5.75 Å². The number of rotatable bonds is 1. The van der Waals surface area contributed by atoms with Crippen molar-refractivity contribution in [2.45, 2.75) is 26.8 Å². The molecule has 1 aromatic carbocycles. The van der Waals surface area contributed by atoms with Gasteiger partial charge in [0.25, 0.3) is 5.56 Å². The first kappa shape index (κ1) is 11.1. The number of hydrogen-bond donors (Lipinski definition) is 1. The average Bonchev–Trinajstić information content (AvgIpc) is 2.52. The van der Waals surface area contributed by atoms with Crippen LogP contribution < -0.4 is 5.56 Å². The fourth-order valence-electron chi connectivity index (χ4n) is 1.61. The van der Waals surface area contributed by atoms with Gasteiger partial charge in [-0.05, 0) is 32.4 Å². The third-order valence-corrected chi connectivity index (χ3v) is 2.84. The summed E-state index contributed by atoms with van der Waals surface area (Å²) >= 11 is 5.93. The van der Waals surface area contributed by atoms with Gasteiger partial charge in [0, 0.05) is 0 Å². The lowest BCUT2D eigenvalue weighted by Crippen LogP contribution is -2.16. The van der Waals surface area contributed by atoms with Gasteiger partial charge in [-0.1, -0.05) is 11.6 Å². The lowest BCUT2D eigenvalue weighted by molar-refractivity contribution is 0.251. The number of fused-ring (bicyclic) bond motifs is 1. The zero-order valence-electron chi connectivity index (χ0n) is 9.24. The Labute approximate surface area is 97.0 Å². The molecule has 0 saturated carbocycles. The highest BCUT2D eigenvalue weighted by molar-refractivity contribution is 6.36. The molecule has 86 valence electrons. The Hall–Kier alpha value is -1.42. The second-order valence-corrected chi connectivity index (χ2v) is 4.42. The van der Waals surface area contributed by atoms with Crippen molar-refractivity contribution in [1.29, 1.82) is 0 Å². The summed E-state index contributed by atoms with van der Waals surface area (Å²) in [7, 11) is 0. The molecule has 1 heterocycles. The molecule has 5 heteroatoms.